The third-order valence-corrected chi connectivity index (χ3v) is 14.1. The van der Waals surface area contributed by atoms with Crippen molar-refractivity contribution < 1.29 is 0 Å². The molecule has 5 nitrogen and oxygen atoms in total. The summed E-state index contributed by atoms with van der Waals surface area (Å²) in [6, 6.07) is 0. The second-order valence-corrected chi connectivity index (χ2v) is 16.3. The molecule has 0 rings (SSSR count). The van der Waals surface area contributed by atoms with Gasteiger partial charge in [-0.3, -0.25) is 0 Å². The topological polar surface area (TPSA) is 88.1 Å². The summed E-state index contributed by atoms with van der Waals surface area (Å²) in [5, 5.41) is 7.28. The van der Waals surface area contributed by atoms with Gasteiger partial charge in [-0.15, -0.1) is 0 Å². The first-order valence-corrected chi connectivity index (χ1v) is 14.6. The lowest BCUT2D eigenvalue weighted by molar-refractivity contribution is 0.592. The summed E-state index contributed by atoms with van der Waals surface area (Å²) in [6.07, 6.45) is 2.31. The van der Waals surface area contributed by atoms with E-state index in [-0.39, 0.29) is 0 Å². The highest BCUT2D eigenvalue weighted by molar-refractivity contribution is 6.92. The van der Waals surface area contributed by atoms with Crippen LogP contribution >= 0.6 is 0 Å². The highest BCUT2D eigenvalue weighted by Crippen LogP contribution is 2.16. The molecule has 0 aromatic rings. The second kappa shape index (κ2) is 10.1. The number of hydrogen-bond acceptors (Lipinski definition) is 5. The standard InChI is InChI=1S/C14H39N5Si2/c1-7-13(17-11-9-15)20(3,4)19-21(5,6)14(8-2)18-12-10-16/h13-14,17-19H,7-12,15-16H2,1-6H3. The molecule has 2 unspecified atom stereocenters. The highest BCUT2D eigenvalue weighted by atomic mass is 28.4. The molecule has 0 amide bonds. The smallest absolute Gasteiger partial charge is 0.129 e. The third-order valence-electron chi connectivity index (χ3n) is 4.27. The fourth-order valence-electron chi connectivity index (χ4n) is 3.34. The van der Waals surface area contributed by atoms with Crippen LogP contribution in [0.1, 0.15) is 26.7 Å². The lowest BCUT2D eigenvalue weighted by Crippen LogP contribution is -2.73. The number of rotatable bonds is 12. The van der Waals surface area contributed by atoms with Gasteiger partial charge in [0.05, 0.1) is 0 Å². The molecule has 21 heavy (non-hydrogen) atoms. The van der Waals surface area contributed by atoms with Crippen molar-refractivity contribution in [3.05, 3.63) is 0 Å². The summed E-state index contributed by atoms with van der Waals surface area (Å²) in [7, 11) is -3.10. The Balaban J connectivity index is 4.83. The number of nitrogens with one attached hydrogen (secondary N) is 3. The van der Waals surface area contributed by atoms with Gasteiger partial charge in [0.25, 0.3) is 0 Å². The predicted molar refractivity (Wildman–Crippen MR) is 100 cm³/mol. The van der Waals surface area contributed by atoms with Gasteiger partial charge >= 0.3 is 0 Å². The van der Waals surface area contributed by atoms with E-state index in [0.29, 0.717) is 24.4 Å². The van der Waals surface area contributed by atoms with E-state index >= 15 is 0 Å². The van der Waals surface area contributed by atoms with Crippen LogP contribution in [-0.4, -0.2) is 54.0 Å². The van der Waals surface area contributed by atoms with Crippen molar-refractivity contribution in [2.24, 2.45) is 11.5 Å². The maximum atomic E-state index is 5.65. The first-order chi connectivity index (χ1) is 9.75. The Bertz CT molecular complexity index is 248. The van der Waals surface area contributed by atoms with Gasteiger partial charge in [-0.2, -0.15) is 0 Å². The predicted octanol–water partition coefficient (Wildman–Crippen LogP) is 0.718. The quantitative estimate of drug-likeness (QED) is 0.340. The number of hydrogen-bond donors (Lipinski definition) is 5. The molecule has 2 atom stereocenters. The van der Waals surface area contributed by atoms with Crippen LogP contribution in [0.4, 0.5) is 0 Å². The minimum atomic E-state index is -1.55. The molecule has 0 bridgehead atoms. The summed E-state index contributed by atoms with van der Waals surface area (Å²) < 4.78 is 4.12. The Morgan fingerprint density at radius 1 is 0.762 bits per heavy atom. The highest BCUT2D eigenvalue weighted by Gasteiger charge is 2.40. The molecule has 0 aliphatic rings. The fraction of sp³-hybridized carbons (Fsp3) is 1.00. The minimum absolute atomic E-state index is 0.569. The van der Waals surface area contributed by atoms with Crippen molar-refractivity contribution in [1.82, 2.24) is 15.3 Å². The summed E-state index contributed by atoms with van der Waals surface area (Å²) in [5.74, 6) is 0. The number of nitrogens with two attached hydrogens (primary N) is 2. The largest absolute Gasteiger partial charge is 0.357 e. The van der Waals surface area contributed by atoms with Crippen molar-refractivity contribution in [3.8, 4) is 0 Å². The summed E-state index contributed by atoms with van der Waals surface area (Å²) >= 11 is 0. The van der Waals surface area contributed by atoms with Gasteiger partial charge in [0.15, 0.2) is 0 Å². The van der Waals surface area contributed by atoms with Crippen LogP contribution in [0.3, 0.4) is 0 Å². The molecule has 0 aliphatic carbocycles. The van der Waals surface area contributed by atoms with Crippen molar-refractivity contribution >= 4 is 16.5 Å². The Kier molecular flexibility index (Phi) is 10.2. The van der Waals surface area contributed by atoms with E-state index in [2.05, 4.69) is 55.3 Å². The van der Waals surface area contributed by atoms with Crippen LogP contribution in [0.15, 0.2) is 0 Å². The lowest BCUT2D eigenvalue weighted by atomic mass is 10.4. The normalized spacial score (nSPS) is 16.0. The van der Waals surface area contributed by atoms with Gasteiger partial charge in [-0.1, -0.05) is 40.0 Å². The molecule has 128 valence electrons. The molecule has 0 saturated carbocycles. The Morgan fingerprint density at radius 3 is 1.33 bits per heavy atom. The first-order valence-electron chi connectivity index (χ1n) is 8.41. The van der Waals surface area contributed by atoms with Crippen LogP contribution < -0.4 is 26.7 Å². The lowest BCUT2D eigenvalue weighted by Gasteiger charge is -2.43. The second-order valence-electron chi connectivity index (χ2n) is 6.98. The van der Waals surface area contributed by atoms with Gasteiger partial charge in [-0.05, 0) is 12.8 Å². The maximum absolute atomic E-state index is 5.65. The molecule has 0 radical (unpaired) electrons. The molecular formula is C14H39N5Si2. The first kappa shape index (κ1) is 21.2. The molecule has 7 heteroatoms. The average molecular weight is 334 g/mol. The summed E-state index contributed by atoms with van der Waals surface area (Å²) in [4.78, 5) is 0. The molecule has 7 N–H and O–H groups in total. The van der Waals surface area contributed by atoms with E-state index in [1.807, 2.05) is 0 Å². The maximum Gasteiger partial charge on any atom is 0.129 e. The zero-order chi connectivity index (χ0) is 16.5. The van der Waals surface area contributed by atoms with Gasteiger partial charge < -0.3 is 26.7 Å². The van der Waals surface area contributed by atoms with Crippen LogP contribution in [0.5, 0.6) is 0 Å². The summed E-state index contributed by atoms with van der Waals surface area (Å²) in [6.45, 7) is 17.5. The van der Waals surface area contributed by atoms with Crippen LogP contribution in [0.25, 0.3) is 0 Å². The Labute approximate surface area is 134 Å². The van der Waals surface area contributed by atoms with Gasteiger partial charge in [0.2, 0.25) is 0 Å². The van der Waals surface area contributed by atoms with Crippen molar-refractivity contribution in [1.29, 1.82) is 0 Å². The fourth-order valence-corrected chi connectivity index (χ4v) is 14.7. The van der Waals surface area contributed by atoms with E-state index in [1.54, 1.807) is 0 Å². The zero-order valence-electron chi connectivity index (χ0n) is 15.1. The summed E-state index contributed by atoms with van der Waals surface area (Å²) in [5.41, 5.74) is 12.4. The van der Waals surface area contributed by atoms with Gasteiger partial charge in [0, 0.05) is 37.5 Å². The molecular weight excluding hydrogens is 294 g/mol. The van der Waals surface area contributed by atoms with Crippen LogP contribution in [0.2, 0.25) is 26.2 Å². The molecule has 0 heterocycles. The minimum Gasteiger partial charge on any atom is -0.357 e. The van der Waals surface area contributed by atoms with Gasteiger partial charge in [-0.25, -0.2) is 0 Å². The van der Waals surface area contributed by atoms with E-state index in [0.717, 1.165) is 25.9 Å². The van der Waals surface area contributed by atoms with Crippen LogP contribution in [-0.2, 0) is 0 Å². The molecule has 0 aliphatic heterocycles. The third kappa shape index (κ3) is 7.36. The van der Waals surface area contributed by atoms with E-state index in [1.165, 1.54) is 0 Å². The average Bonchev–Trinajstić information content (AvgIpc) is 2.38. The van der Waals surface area contributed by atoms with E-state index in [9.17, 15) is 0 Å². The monoisotopic (exact) mass is 333 g/mol. The van der Waals surface area contributed by atoms with E-state index in [4.69, 9.17) is 11.5 Å². The molecule has 0 spiro atoms. The van der Waals surface area contributed by atoms with Crippen LogP contribution in [0, 0.1) is 0 Å². The van der Waals surface area contributed by atoms with Gasteiger partial charge in [0.1, 0.15) is 16.5 Å². The van der Waals surface area contributed by atoms with E-state index < -0.39 is 16.5 Å². The Morgan fingerprint density at radius 2 is 1.10 bits per heavy atom. The van der Waals surface area contributed by atoms with Crippen molar-refractivity contribution in [3.63, 3.8) is 0 Å². The Hall–Kier alpha value is 0.234. The molecule has 0 fully saturated rings. The molecule has 0 saturated heterocycles. The zero-order valence-corrected chi connectivity index (χ0v) is 17.1. The SMILES string of the molecule is CCC(NCCN)[Si](C)(C)N[Si](C)(C)C(CC)NCCN. The molecule has 0 aromatic carbocycles. The molecule has 0 aromatic heterocycles. The van der Waals surface area contributed by atoms with Crippen molar-refractivity contribution in [2.75, 3.05) is 26.2 Å². The van der Waals surface area contributed by atoms with Crippen molar-refractivity contribution in [2.45, 2.75) is 64.2 Å².